The third-order valence-corrected chi connectivity index (χ3v) is 5.36. The van der Waals surface area contributed by atoms with Crippen molar-refractivity contribution in [2.45, 2.75) is 50.3 Å². The number of anilines is 1. The lowest BCUT2D eigenvalue weighted by Gasteiger charge is -2.17. The predicted octanol–water partition coefficient (Wildman–Crippen LogP) is 2.31. The molecule has 7 heteroatoms. The van der Waals surface area contributed by atoms with Crippen LogP contribution in [0, 0.1) is 0 Å². The summed E-state index contributed by atoms with van der Waals surface area (Å²) in [6, 6.07) is 10.5. The van der Waals surface area contributed by atoms with Crippen molar-refractivity contribution in [2.24, 2.45) is 0 Å². The van der Waals surface area contributed by atoms with E-state index in [4.69, 9.17) is 4.74 Å². The highest BCUT2D eigenvalue weighted by Crippen LogP contribution is 2.39. The zero-order chi connectivity index (χ0) is 18.5. The quantitative estimate of drug-likeness (QED) is 0.656. The normalized spacial score (nSPS) is 28.0. The van der Waals surface area contributed by atoms with Gasteiger partial charge in [0, 0.05) is 17.8 Å². The van der Waals surface area contributed by atoms with Crippen molar-refractivity contribution in [1.82, 2.24) is 14.5 Å². The Labute approximate surface area is 156 Å². The molecule has 3 N–H and O–H groups in total. The average Bonchev–Trinajstić information content (AvgIpc) is 3.37. The summed E-state index contributed by atoms with van der Waals surface area (Å²) in [7, 11) is 0. The number of aliphatic hydroxyl groups is 2. The second-order valence-electron chi connectivity index (χ2n) is 7.37. The molecule has 1 aliphatic heterocycles. The lowest BCUT2D eigenvalue weighted by Crippen LogP contribution is -2.30. The molecule has 3 aromatic rings. The molecular weight excluding hydrogens is 344 g/mol. The topological polar surface area (TPSA) is 92.4 Å². The zero-order valence-electron chi connectivity index (χ0n) is 15.0. The molecule has 2 aromatic heterocycles. The molecule has 27 heavy (non-hydrogen) atoms. The molecule has 0 bridgehead atoms. The first-order chi connectivity index (χ1) is 13.1. The number of benzene rings is 1. The van der Waals surface area contributed by atoms with Gasteiger partial charge in [-0.1, -0.05) is 30.3 Å². The van der Waals surface area contributed by atoms with Gasteiger partial charge in [-0.25, -0.2) is 9.97 Å². The van der Waals surface area contributed by atoms with Crippen LogP contribution >= 0.6 is 0 Å². The molecule has 7 nitrogen and oxygen atoms in total. The van der Waals surface area contributed by atoms with Gasteiger partial charge in [0.2, 0.25) is 0 Å². The Hall–Kier alpha value is -2.48. The number of nitrogens with one attached hydrogen (secondary N) is 1. The maximum Gasteiger partial charge on any atom is 0.164 e. The molecule has 2 aliphatic rings. The molecule has 0 unspecified atom stereocenters. The Morgan fingerprint density at radius 2 is 1.89 bits per heavy atom. The molecule has 140 valence electrons. The highest BCUT2D eigenvalue weighted by Gasteiger charge is 2.42. The number of nitrogens with zero attached hydrogens (tertiary/aromatic N) is 3. The van der Waals surface area contributed by atoms with E-state index in [2.05, 4.69) is 15.3 Å². The third kappa shape index (κ3) is 2.79. The van der Waals surface area contributed by atoms with Gasteiger partial charge in [-0.05, 0) is 25.3 Å². The van der Waals surface area contributed by atoms with Crippen LogP contribution in [0.3, 0.4) is 0 Å². The largest absolute Gasteiger partial charge is 0.388 e. The van der Waals surface area contributed by atoms with E-state index in [9.17, 15) is 10.2 Å². The van der Waals surface area contributed by atoms with Gasteiger partial charge in [0.15, 0.2) is 6.23 Å². The van der Waals surface area contributed by atoms with Crippen LogP contribution in [0.2, 0.25) is 0 Å². The summed E-state index contributed by atoms with van der Waals surface area (Å²) in [5.74, 6) is 0.793. The number of rotatable bonds is 4. The Balaban J connectivity index is 1.70. The fourth-order valence-electron chi connectivity index (χ4n) is 3.70. The second kappa shape index (κ2) is 6.30. The summed E-state index contributed by atoms with van der Waals surface area (Å²) in [4.78, 5) is 8.96. The van der Waals surface area contributed by atoms with Crippen LogP contribution in [0.1, 0.15) is 26.0 Å². The van der Waals surface area contributed by atoms with Crippen molar-refractivity contribution in [3.05, 3.63) is 42.9 Å². The van der Waals surface area contributed by atoms with Crippen LogP contribution < -0.4 is 5.32 Å². The smallest absolute Gasteiger partial charge is 0.164 e. The van der Waals surface area contributed by atoms with Crippen molar-refractivity contribution in [2.75, 3.05) is 5.32 Å². The fraction of sp³-hybridized carbons (Fsp3) is 0.400. The lowest BCUT2D eigenvalue weighted by atomic mass is 10.1. The fourth-order valence-corrected chi connectivity index (χ4v) is 3.70. The first kappa shape index (κ1) is 16.7. The van der Waals surface area contributed by atoms with E-state index in [1.165, 1.54) is 6.33 Å². The molecule has 1 aliphatic carbocycles. The lowest BCUT2D eigenvalue weighted by molar-refractivity contribution is -0.0295. The number of aliphatic hydroxyl groups excluding tert-OH is 2. The maximum absolute atomic E-state index is 10.5. The van der Waals surface area contributed by atoms with E-state index >= 15 is 0 Å². The molecule has 1 saturated carbocycles. The summed E-state index contributed by atoms with van der Waals surface area (Å²) >= 11 is 0. The van der Waals surface area contributed by atoms with Crippen LogP contribution in [-0.4, -0.2) is 49.1 Å². The minimum Gasteiger partial charge on any atom is -0.388 e. The van der Waals surface area contributed by atoms with Gasteiger partial charge in [0.25, 0.3) is 0 Å². The van der Waals surface area contributed by atoms with Crippen LogP contribution in [0.5, 0.6) is 0 Å². The van der Waals surface area contributed by atoms with Gasteiger partial charge < -0.3 is 24.8 Å². The van der Waals surface area contributed by atoms with E-state index < -0.39 is 24.5 Å². The number of hydrogen-bond acceptors (Lipinski definition) is 6. The van der Waals surface area contributed by atoms with E-state index in [0.29, 0.717) is 11.7 Å². The van der Waals surface area contributed by atoms with Crippen molar-refractivity contribution in [1.29, 1.82) is 0 Å². The average molecular weight is 366 g/mol. The van der Waals surface area contributed by atoms with E-state index in [1.54, 1.807) is 6.92 Å². The zero-order valence-corrected chi connectivity index (χ0v) is 15.0. The van der Waals surface area contributed by atoms with Crippen molar-refractivity contribution in [3.8, 4) is 11.1 Å². The Kier molecular flexibility index (Phi) is 3.89. The molecule has 5 rings (SSSR count). The molecule has 3 heterocycles. The monoisotopic (exact) mass is 366 g/mol. The third-order valence-electron chi connectivity index (χ3n) is 5.36. The standard InChI is InChI=1S/C20H22N4O3/c1-11-16(25)17(26)20(27-11)24-9-14(12-5-3-2-4-6-12)15-18(23-13-7-8-13)21-10-22-19(15)24/h2-6,9-11,13,16-17,20,25-26H,7-8H2,1H3,(H,21,22,23)/t11-,16-,17-,20-/m1/s1. The second-order valence-corrected chi connectivity index (χ2v) is 7.37. The minimum atomic E-state index is -1.02. The molecule has 1 aromatic carbocycles. The van der Waals surface area contributed by atoms with Crippen molar-refractivity contribution >= 4 is 16.9 Å². The van der Waals surface area contributed by atoms with Crippen LogP contribution in [0.25, 0.3) is 22.2 Å². The molecule has 4 atom stereocenters. The maximum atomic E-state index is 10.5. The van der Waals surface area contributed by atoms with Gasteiger partial charge in [-0.3, -0.25) is 0 Å². The van der Waals surface area contributed by atoms with E-state index in [1.807, 2.05) is 41.1 Å². The predicted molar refractivity (Wildman–Crippen MR) is 101 cm³/mol. The van der Waals surface area contributed by atoms with Gasteiger partial charge in [-0.15, -0.1) is 0 Å². The number of aromatic nitrogens is 3. The van der Waals surface area contributed by atoms with Crippen LogP contribution in [-0.2, 0) is 4.74 Å². The first-order valence-electron chi connectivity index (χ1n) is 9.32. The van der Waals surface area contributed by atoms with Crippen LogP contribution in [0.15, 0.2) is 42.9 Å². The minimum absolute atomic E-state index is 0.449. The molecule has 2 fully saturated rings. The van der Waals surface area contributed by atoms with Crippen molar-refractivity contribution in [3.63, 3.8) is 0 Å². The SMILES string of the molecule is C[C@H]1O[C@@H](n2cc(-c3ccccc3)c3c(NC4CC4)ncnc32)[C@H](O)[C@@H]1O. The molecule has 0 spiro atoms. The molecule has 0 amide bonds. The summed E-state index contributed by atoms with van der Waals surface area (Å²) in [5, 5.41) is 25.0. The van der Waals surface area contributed by atoms with Crippen molar-refractivity contribution < 1.29 is 14.9 Å². The molecule has 0 radical (unpaired) electrons. The number of ether oxygens (including phenoxy) is 1. The van der Waals surface area contributed by atoms with Gasteiger partial charge in [-0.2, -0.15) is 0 Å². The van der Waals surface area contributed by atoms with Gasteiger partial charge >= 0.3 is 0 Å². The summed E-state index contributed by atoms with van der Waals surface area (Å²) < 4.78 is 7.66. The Morgan fingerprint density at radius 1 is 1.11 bits per heavy atom. The summed E-state index contributed by atoms with van der Waals surface area (Å²) in [6.07, 6.45) is 2.65. The summed E-state index contributed by atoms with van der Waals surface area (Å²) in [5.41, 5.74) is 2.69. The Morgan fingerprint density at radius 3 is 2.56 bits per heavy atom. The summed E-state index contributed by atoms with van der Waals surface area (Å²) in [6.45, 7) is 1.76. The number of fused-ring (bicyclic) bond motifs is 1. The first-order valence-corrected chi connectivity index (χ1v) is 9.32. The van der Waals surface area contributed by atoms with Gasteiger partial charge in [0.1, 0.15) is 30.0 Å². The highest BCUT2D eigenvalue weighted by molar-refractivity contribution is 6.01. The van der Waals surface area contributed by atoms with E-state index in [-0.39, 0.29) is 0 Å². The highest BCUT2D eigenvalue weighted by atomic mass is 16.6. The van der Waals surface area contributed by atoms with Gasteiger partial charge in [0.05, 0.1) is 11.5 Å². The Bertz CT molecular complexity index is 970. The number of hydrogen-bond donors (Lipinski definition) is 3. The van der Waals surface area contributed by atoms with Crippen LogP contribution in [0.4, 0.5) is 5.82 Å². The van der Waals surface area contributed by atoms with E-state index in [0.717, 1.165) is 35.2 Å². The molecule has 1 saturated heterocycles. The molecular formula is C20H22N4O3.